The molecular weight excluding hydrogens is 415 g/mol. The van der Waals surface area contributed by atoms with E-state index in [1.165, 1.54) is 23.5 Å². The highest BCUT2D eigenvalue weighted by molar-refractivity contribution is 7.24. The average Bonchev–Trinajstić information content (AvgIpc) is 3.12. The molecule has 0 aliphatic heterocycles. The number of carbonyl (C=O) groups excluding carboxylic acids is 1. The lowest BCUT2D eigenvalue weighted by Crippen LogP contribution is -2.08. The van der Waals surface area contributed by atoms with E-state index in [1.807, 2.05) is 30.3 Å². The summed E-state index contributed by atoms with van der Waals surface area (Å²) in [6.07, 6.45) is 0. The number of carbonyl (C=O) groups is 1. The molecule has 6 nitrogen and oxygen atoms in total. The van der Waals surface area contributed by atoms with Crippen molar-refractivity contribution in [2.75, 3.05) is 17.7 Å². The second kappa shape index (κ2) is 8.42. The number of rotatable bonds is 5. The Morgan fingerprint density at radius 1 is 1.23 bits per heavy atom. The smallest absolute Gasteiger partial charge is 0.343 e. The Hall–Kier alpha value is -3.96. The van der Waals surface area contributed by atoms with Crippen LogP contribution in [0.1, 0.15) is 22.8 Å². The topological polar surface area (TPSA) is 101 Å². The van der Waals surface area contributed by atoms with E-state index in [2.05, 4.69) is 16.4 Å². The molecule has 4 aromatic rings. The van der Waals surface area contributed by atoms with Crippen molar-refractivity contribution < 1.29 is 13.9 Å². The monoisotopic (exact) mass is 432 g/mol. The molecule has 0 saturated heterocycles. The number of ether oxygens (including phenoxy) is 1. The Morgan fingerprint density at radius 3 is 2.58 bits per heavy atom. The fourth-order valence-corrected chi connectivity index (χ4v) is 4.48. The Kier molecular flexibility index (Phi) is 5.52. The van der Waals surface area contributed by atoms with Crippen LogP contribution >= 0.6 is 11.3 Å². The van der Waals surface area contributed by atoms with Gasteiger partial charge in [-0.3, -0.25) is 0 Å². The molecule has 8 heteroatoms. The number of nitrogens with two attached hydrogens (primary N) is 1. The maximum absolute atomic E-state index is 13.3. The van der Waals surface area contributed by atoms with Gasteiger partial charge in [-0.1, -0.05) is 30.3 Å². The number of halogens is 1. The number of pyridine rings is 1. The molecule has 0 bridgehead atoms. The number of hydrogen-bond acceptors (Lipinski definition) is 7. The molecule has 0 aliphatic carbocycles. The van der Waals surface area contributed by atoms with Gasteiger partial charge in [0, 0.05) is 11.3 Å². The van der Waals surface area contributed by atoms with Crippen LogP contribution in [0.5, 0.6) is 0 Å². The number of nitrogens with one attached hydrogen (secondary N) is 1. The van der Waals surface area contributed by atoms with Crippen LogP contribution in [0.3, 0.4) is 0 Å². The average molecular weight is 432 g/mol. The largest absolute Gasteiger partial charge is 0.462 e. The summed E-state index contributed by atoms with van der Waals surface area (Å²) >= 11 is 1.26. The van der Waals surface area contributed by atoms with Crippen LogP contribution in [-0.4, -0.2) is 17.6 Å². The predicted octanol–water partition coefficient (Wildman–Crippen LogP) is 5.48. The number of benzene rings is 2. The molecule has 2 aromatic heterocycles. The lowest BCUT2D eigenvalue weighted by molar-refractivity contribution is 0.0530. The summed E-state index contributed by atoms with van der Waals surface area (Å²) in [5, 5.41) is 13.4. The van der Waals surface area contributed by atoms with Crippen LogP contribution in [0.2, 0.25) is 0 Å². The van der Waals surface area contributed by atoms with Crippen molar-refractivity contribution in [1.29, 1.82) is 5.26 Å². The van der Waals surface area contributed by atoms with Crippen LogP contribution in [0.25, 0.3) is 21.3 Å². The number of fused-ring (bicyclic) bond motifs is 1. The number of nitrogen functional groups attached to an aromatic ring is 1. The molecule has 0 spiro atoms. The Bertz CT molecular complexity index is 1310. The number of esters is 1. The zero-order valence-corrected chi connectivity index (χ0v) is 17.3. The highest BCUT2D eigenvalue weighted by Gasteiger charge is 2.26. The van der Waals surface area contributed by atoms with E-state index in [4.69, 9.17) is 10.5 Å². The third-order valence-corrected chi connectivity index (χ3v) is 5.72. The van der Waals surface area contributed by atoms with Crippen LogP contribution in [0.15, 0.2) is 54.6 Å². The molecule has 0 amide bonds. The SMILES string of the molecule is CCOC(=O)c1c(Nc2ccc(F)cc2)sc2c(-c3ccccc3)c(C#N)c(N)nc12. The molecule has 2 aromatic carbocycles. The van der Waals surface area contributed by atoms with Crippen molar-refractivity contribution in [3.05, 3.63) is 71.5 Å². The van der Waals surface area contributed by atoms with E-state index < -0.39 is 5.97 Å². The van der Waals surface area contributed by atoms with Gasteiger partial charge in [-0.2, -0.15) is 5.26 Å². The third-order valence-electron chi connectivity index (χ3n) is 4.60. The minimum absolute atomic E-state index is 0.0329. The number of aromatic nitrogens is 1. The zero-order chi connectivity index (χ0) is 22.0. The Balaban J connectivity index is 2.01. The Labute approximate surface area is 181 Å². The second-order valence-electron chi connectivity index (χ2n) is 6.56. The van der Waals surface area contributed by atoms with Gasteiger partial charge < -0.3 is 15.8 Å². The highest BCUT2D eigenvalue weighted by atomic mass is 32.1. The predicted molar refractivity (Wildman–Crippen MR) is 120 cm³/mol. The van der Waals surface area contributed by atoms with Gasteiger partial charge in [-0.25, -0.2) is 14.2 Å². The summed E-state index contributed by atoms with van der Waals surface area (Å²) in [6.45, 7) is 1.90. The lowest BCUT2D eigenvalue weighted by Gasteiger charge is -2.09. The van der Waals surface area contributed by atoms with Crippen molar-refractivity contribution in [2.24, 2.45) is 0 Å². The van der Waals surface area contributed by atoms with Gasteiger partial charge in [-0.15, -0.1) is 11.3 Å². The van der Waals surface area contributed by atoms with Crippen LogP contribution in [0, 0.1) is 17.1 Å². The summed E-state index contributed by atoms with van der Waals surface area (Å²) < 4.78 is 19.2. The minimum Gasteiger partial charge on any atom is -0.462 e. The van der Waals surface area contributed by atoms with Crippen LogP contribution in [-0.2, 0) is 4.74 Å². The maximum Gasteiger partial charge on any atom is 0.343 e. The van der Waals surface area contributed by atoms with Gasteiger partial charge in [0.25, 0.3) is 0 Å². The summed E-state index contributed by atoms with van der Waals surface area (Å²) in [4.78, 5) is 17.2. The molecule has 4 rings (SSSR count). The minimum atomic E-state index is -0.561. The van der Waals surface area contributed by atoms with Gasteiger partial charge in [0.05, 0.1) is 11.3 Å². The number of anilines is 3. The molecule has 2 heterocycles. The lowest BCUT2D eigenvalue weighted by atomic mass is 10.00. The van der Waals surface area contributed by atoms with E-state index in [9.17, 15) is 14.4 Å². The Morgan fingerprint density at radius 2 is 1.94 bits per heavy atom. The first-order chi connectivity index (χ1) is 15.0. The molecule has 0 fully saturated rings. The number of nitrogens with zero attached hydrogens (tertiary/aromatic N) is 2. The van der Waals surface area contributed by atoms with Crippen molar-refractivity contribution in [2.45, 2.75) is 6.92 Å². The molecule has 0 saturated carbocycles. The van der Waals surface area contributed by atoms with Gasteiger partial charge in [0.15, 0.2) is 0 Å². The van der Waals surface area contributed by atoms with E-state index in [1.54, 1.807) is 19.1 Å². The van der Waals surface area contributed by atoms with Crippen molar-refractivity contribution >= 4 is 44.0 Å². The van der Waals surface area contributed by atoms with Crippen molar-refractivity contribution in [3.63, 3.8) is 0 Å². The fourth-order valence-electron chi connectivity index (χ4n) is 3.25. The number of hydrogen-bond donors (Lipinski definition) is 2. The summed E-state index contributed by atoms with van der Waals surface area (Å²) in [5.41, 5.74) is 8.90. The molecule has 0 unspecified atom stereocenters. The molecule has 3 N–H and O–H groups in total. The first-order valence-electron chi connectivity index (χ1n) is 9.44. The molecular formula is C23H17FN4O2S. The maximum atomic E-state index is 13.3. The zero-order valence-electron chi connectivity index (χ0n) is 16.5. The first kappa shape index (κ1) is 20.3. The molecule has 0 atom stereocenters. The summed E-state index contributed by atoms with van der Waals surface area (Å²) in [7, 11) is 0. The molecule has 154 valence electrons. The standard InChI is InChI=1S/C23H17FN4O2S/c1-2-30-23(29)18-19-20(31-22(18)27-15-10-8-14(24)9-11-15)17(13-6-4-3-5-7-13)16(12-25)21(26)28-19/h3-11,27H,2H2,1H3,(H2,26,28). The van der Waals surface area contributed by atoms with Crippen molar-refractivity contribution in [1.82, 2.24) is 4.98 Å². The fraction of sp³-hybridized carbons (Fsp3) is 0.0870. The van der Waals surface area contributed by atoms with E-state index in [0.29, 0.717) is 26.5 Å². The van der Waals surface area contributed by atoms with Crippen LogP contribution in [0.4, 0.5) is 20.9 Å². The quantitative estimate of drug-likeness (QED) is 0.405. The number of nitriles is 1. The first-order valence-corrected chi connectivity index (χ1v) is 10.3. The summed E-state index contributed by atoms with van der Waals surface area (Å²) in [5.74, 6) is -0.897. The molecule has 31 heavy (non-hydrogen) atoms. The van der Waals surface area contributed by atoms with E-state index in [0.717, 1.165) is 5.56 Å². The normalized spacial score (nSPS) is 10.6. The molecule has 0 radical (unpaired) electrons. The van der Waals surface area contributed by atoms with Gasteiger partial charge in [0.2, 0.25) is 0 Å². The molecule has 0 aliphatic rings. The summed E-state index contributed by atoms with van der Waals surface area (Å²) in [6, 6.07) is 17.2. The number of thiophene rings is 1. The van der Waals surface area contributed by atoms with Gasteiger partial charge in [0.1, 0.15) is 39.3 Å². The van der Waals surface area contributed by atoms with Gasteiger partial charge >= 0.3 is 5.97 Å². The van der Waals surface area contributed by atoms with E-state index in [-0.39, 0.29) is 29.4 Å². The van der Waals surface area contributed by atoms with Crippen molar-refractivity contribution in [3.8, 4) is 17.2 Å². The van der Waals surface area contributed by atoms with Gasteiger partial charge in [-0.05, 0) is 36.8 Å². The van der Waals surface area contributed by atoms with E-state index >= 15 is 0 Å². The highest BCUT2D eigenvalue weighted by Crippen LogP contribution is 2.44. The van der Waals surface area contributed by atoms with Crippen LogP contribution < -0.4 is 11.1 Å². The second-order valence-corrected chi connectivity index (χ2v) is 7.58. The third kappa shape index (κ3) is 3.79.